The molecule has 1 aliphatic carbocycles. The minimum absolute atomic E-state index is 0.245. The summed E-state index contributed by atoms with van der Waals surface area (Å²) in [5.41, 5.74) is 0.427. The third-order valence-corrected chi connectivity index (χ3v) is 4.33. The van der Waals surface area contributed by atoms with E-state index in [0.29, 0.717) is 29.9 Å². The van der Waals surface area contributed by atoms with E-state index in [1.54, 1.807) is 12.1 Å². The van der Waals surface area contributed by atoms with Crippen molar-refractivity contribution in [1.82, 2.24) is 5.32 Å². The van der Waals surface area contributed by atoms with Crippen molar-refractivity contribution >= 4 is 11.9 Å². The monoisotopic (exact) mass is 346 g/mol. The van der Waals surface area contributed by atoms with Gasteiger partial charge in [0, 0.05) is 12.1 Å². The van der Waals surface area contributed by atoms with Crippen LogP contribution in [0.2, 0.25) is 0 Å². The number of rotatable bonds is 6. The minimum Gasteiger partial charge on any atom is -0.493 e. The highest BCUT2D eigenvalue weighted by Gasteiger charge is 2.30. The molecule has 7 heteroatoms. The smallest absolute Gasteiger partial charge is 0.308 e. The molecule has 1 aromatic rings. The lowest BCUT2D eigenvalue weighted by Crippen LogP contribution is -2.44. The number of carbonyl (C=O) groups excluding carboxylic acids is 1. The molecule has 1 aromatic carbocycles. The maximum absolute atomic E-state index is 12.2. The van der Waals surface area contributed by atoms with Gasteiger partial charge in [-0.05, 0) is 25.0 Å². The normalized spacial score (nSPS) is 20.0. The summed E-state index contributed by atoms with van der Waals surface area (Å²) in [4.78, 5) is 23.6. The number of hydrogen-bond acceptors (Lipinski definition) is 5. The molecule has 0 spiro atoms. The molecule has 1 amide bonds. The van der Waals surface area contributed by atoms with E-state index in [0.717, 1.165) is 19.3 Å². The summed E-state index contributed by atoms with van der Waals surface area (Å²) in [5, 5.41) is 21.0. The maximum Gasteiger partial charge on any atom is 0.308 e. The average molecular weight is 346 g/mol. The number of hydrogen-bond donors (Lipinski definition) is 2. The number of amides is 1. The van der Waals surface area contributed by atoms with Gasteiger partial charge in [-0.15, -0.1) is 0 Å². The van der Waals surface area contributed by atoms with Gasteiger partial charge >= 0.3 is 5.97 Å². The fourth-order valence-corrected chi connectivity index (χ4v) is 3.02. The highest BCUT2D eigenvalue weighted by atomic mass is 16.5. The number of nitrogens with one attached hydrogen (secondary N) is 1. The lowest BCUT2D eigenvalue weighted by atomic mass is 9.95. The number of benzene rings is 1. The van der Waals surface area contributed by atoms with E-state index in [1.165, 1.54) is 13.2 Å². The summed E-state index contributed by atoms with van der Waals surface area (Å²) in [6.45, 7) is -0.245. The minimum atomic E-state index is -0.873. The number of carboxylic acid groups (broad SMARTS) is 1. The van der Waals surface area contributed by atoms with Crippen LogP contribution in [0.5, 0.6) is 11.5 Å². The molecule has 1 aliphatic rings. The molecule has 7 nitrogen and oxygen atoms in total. The van der Waals surface area contributed by atoms with Crippen LogP contribution in [0, 0.1) is 17.2 Å². The Hall–Kier alpha value is -2.75. The van der Waals surface area contributed by atoms with E-state index in [9.17, 15) is 14.7 Å². The van der Waals surface area contributed by atoms with Gasteiger partial charge in [0.25, 0.3) is 5.91 Å². The van der Waals surface area contributed by atoms with Crippen molar-refractivity contribution in [2.24, 2.45) is 5.92 Å². The van der Waals surface area contributed by atoms with Crippen LogP contribution in [0.1, 0.15) is 37.7 Å². The van der Waals surface area contributed by atoms with Crippen molar-refractivity contribution in [1.29, 1.82) is 5.26 Å². The number of aliphatic carboxylic acids is 1. The van der Waals surface area contributed by atoms with E-state index >= 15 is 0 Å². The molecule has 0 radical (unpaired) electrons. The van der Waals surface area contributed by atoms with Gasteiger partial charge in [-0.25, -0.2) is 0 Å². The predicted octanol–water partition coefficient (Wildman–Crippen LogP) is 2.10. The van der Waals surface area contributed by atoms with Crippen LogP contribution in [-0.4, -0.2) is 36.7 Å². The molecular weight excluding hydrogens is 324 g/mol. The fourth-order valence-electron chi connectivity index (χ4n) is 3.02. The first kappa shape index (κ1) is 18.6. The Morgan fingerprint density at radius 1 is 1.28 bits per heavy atom. The molecule has 0 bridgehead atoms. The molecule has 1 fully saturated rings. The second-order valence-corrected chi connectivity index (χ2v) is 6.02. The summed E-state index contributed by atoms with van der Waals surface area (Å²) in [6, 6.07) is 6.29. The lowest BCUT2D eigenvalue weighted by Gasteiger charge is -2.23. The SMILES string of the molecule is COc1cc(C#N)ccc1OCC(=O)N[C@H]1CCCCC[C@H]1C(=O)O. The van der Waals surface area contributed by atoms with E-state index < -0.39 is 11.9 Å². The second-order valence-electron chi connectivity index (χ2n) is 6.02. The van der Waals surface area contributed by atoms with Gasteiger partial charge in [-0.3, -0.25) is 9.59 Å². The second kappa shape index (κ2) is 8.92. The summed E-state index contributed by atoms with van der Waals surface area (Å²) < 4.78 is 10.6. The number of carbonyl (C=O) groups is 2. The zero-order valence-electron chi connectivity index (χ0n) is 14.2. The highest BCUT2D eigenvalue weighted by molar-refractivity contribution is 5.79. The van der Waals surface area contributed by atoms with Crippen LogP contribution >= 0.6 is 0 Å². The first-order valence-corrected chi connectivity index (χ1v) is 8.28. The number of nitrogens with zero attached hydrogens (tertiary/aromatic N) is 1. The zero-order chi connectivity index (χ0) is 18.2. The Kier molecular flexibility index (Phi) is 6.63. The van der Waals surface area contributed by atoms with Crippen LogP contribution < -0.4 is 14.8 Å². The standard InChI is InChI=1S/C18H22N2O5/c1-24-16-9-12(10-19)7-8-15(16)25-11-17(21)20-14-6-4-2-3-5-13(14)18(22)23/h7-9,13-14H,2-6,11H2,1H3,(H,20,21)(H,22,23)/t13-,14+/m1/s1. The molecule has 25 heavy (non-hydrogen) atoms. The van der Waals surface area contributed by atoms with Crippen LogP contribution in [-0.2, 0) is 9.59 Å². The Labute approximate surface area is 146 Å². The van der Waals surface area contributed by atoms with Crippen LogP contribution in [0.4, 0.5) is 0 Å². The van der Waals surface area contributed by atoms with Crippen molar-refractivity contribution in [2.75, 3.05) is 13.7 Å². The molecule has 2 atom stereocenters. The van der Waals surface area contributed by atoms with Crippen molar-refractivity contribution < 1.29 is 24.2 Å². The molecule has 0 saturated heterocycles. The third-order valence-electron chi connectivity index (χ3n) is 4.33. The number of carboxylic acids is 1. The van der Waals surface area contributed by atoms with Crippen molar-refractivity contribution in [3.63, 3.8) is 0 Å². The number of nitriles is 1. The van der Waals surface area contributed by atoms with E-state index in [4.69, 9.17) is 14.7 Å². The molecule has 0 unspecified atom stereocenters. The molecule has 2 N–H and O–H groups in total. The van der Waals surface area contributed by atoms with E-state index in [1.807, 2.05) is 6.07 Å². The topological polar surface area (TPSA) is 109 Å². The quantitative estimate of drug-likeness (QED) is 0.764. The van der Waals surface area contributed by atoms with Gasteiger partial charge in [-0.1, -0.05) is 19.3 Å². The molecular formula is C18H22N2O5. The van der Waals surface area contributed by atoms with Crippen molar-refractivity contribution in [3.8, 4) is 17.6 Å². The summed E-state index contributed by atoms with van der Waals surface area (Å²) in [6.07, 6.45) is 3.98. The van der Waals surface area contributed by atoms with Gasteiger partial charge in [0.05, 0.1) is 24.7 Å². The molecule has 0 heterocycles. The number of ether oxygens (including phenoxy) is 2. The Bertz CT molecular complexity index is 668. The van der Waals surface area contributed by atoms with Gasteiger partial charge < -0.3 is 19.9 Å². The van der Waals surface area contributed by atoms with Crippen LogP contribution in [0.25, 0.3) is 0 Å². The van der Waals surface area contributed by atoms with Gasteiger partial charge in [0.2, 0.25) is 0 Å². The predicted molar refractivity (Wildman–Crippen MR) is 89.3 cm³/mol. The van der Waals surface area contributed by atoms with Crippen molar-refractivity contribution in [3.05, 3.63) is 23.8 Å². The molecule has 0 aromatic heterocycles. The highest BCUT2D eigenvalue weighted by Crippen LogP contribution is 2.28. The maximum atomic E-state index is 12.2. The summed E-state index contributed by atoms with van der Waals surface area (Å²) >= 11 is 0. The molecule has 2 rings (SSSR count). The van der Waals surface area contributed by atoms with E-state index in [-0.39, 0.29) is 18.6 Å². The van der Waals surface area contributed by atoms with Crippen LogP contribution in [0.3, 0.4) is 0 Å². The lowest BCUT2D eigenvalue weighted by molar-refractivity contribution is -0.143. The first-order chi connectivity index (χ1) is 12.0. The van der Waals surface area contributed by atoms with E-state index in [2.05, 4.69) is 5.32 Å². The molecule has 1 saturated carbocycles. The number of methoxy groups -OCH3 is 1. The van der Waals surface area contributed by atoms with Gasteiger partial charge in [0.1, 0.15) is 0 Å². The largest absolute Gasteiger partial charge is 0.493 e. The Balaban J connectivity index is 1.96. The summed E-state index contributed by atoms with van der Waals surface area (Å²) in [7, 11) is 1.45. The van der Waals surface area contributed by atoms with Crippen molar-refractivity contribution in [2.45, 2.75) is 38.1 Å². The zero-order valence-corrected chi connectivity index (χ0v) is 14.2. The first-order valence-electron chi connectivity index (χ1n) is 8.28. The third kappa shape index (κ3) is 5.11. The Morgan fingerprint density at radius 3 is 2.72 bits per heavy atom. The molecule has 0 aliphatic heterocycles. The fraction of sp³-hybridized carbons (Fsp3) is 0.500. The van der Waals surface area contributed by atoms with Crippen LogP contribution in [0.15, 0.2) is 18.2 Å². The molecule has 134 valence electrons. The Morgan fingerprint density at radius 2 is 2.04 bits per heavy atom. The van der Waals surface area contributed by atoms with Gasteiger partial charge in [-0.2, -0.15) is 5.26 Å². The average Bonchev–Trinajstić information content (AvgIpc) is 2.85. The van der Waals surface area contributed by atoms with Gasteiger partial charge in [0.15, 0.2) is 18.1 Å². The summed E-state index contributed by atoms with van der Waals surface area (Å²) in [5.74, 6) is -1.08.